The van der Waals surface area contributed by atoms with Gasteiger partial charge in [-0.25, -0.2) is 4.98 Å². The van der Waals surface area contributed by atoms with E-state index in [4.69, 9.17) is 9.72 Å². The van der Waals surface area contributed by atoms with Crippen molar-refractivity contribution >= 4 is 40.2 Å². The van der Waals surface area contributed by atoms with Crippen LogP contribution in [0.3, 0.4) is 0 Å². The Morgan fingerprint density at radius 2 is 1.65 bits per heavy atom. The van der Waals surface area contributed by atoms with Crippen molar-refractivity contribution in [2.24, 2.45) is 23.2 Å². The van der Waals surface area contributed by atoms with E-state index in [1.807, 2.05) is 26.1 Å². The number of hydrogen-bond acceptors (Lipinski definition) is 9. The maximum Gasteiger partial charge on any atom is 0.257 e. The molecule has 282 valence electrons. The number of piperazine rings is 1. The number of carbonyl (C=O) groups is 2. The lowest BCUT2D eigenvalue weighted by Gasteiger charge is -2.57. The molecule has 2 aromatic heterocycles. The topological polar surface area (TPSA) is 125 Å². The van der Waals surface area contributed by atoms with E-state index in [0.29, 0.717) is 40.2 Å². The van der Waals surface area contributed by atoms with E-state index in [0.717, 1.165) is 80.1 Å². The number of amides is 2. The van der Waals surface area contributed by atoms with Gasteiger partial charge in [-0.2, -0.15) is 4.98 Å². The summed E-state index contributed by atoms with van der Waals surface area (Å²) in [7, 11) is 3.66. The van der Waals surface area contributed by atoms with Crippen LogP contribution >= 0.6 is 0 Å². The number of likely N-dealkylation sites (N-methyl/N-ethyl adjacent to an activating group) is 1. The van der Waals surface area contributed by atoms with Gasteiger partial charge in [-0.15, -0.1) is 0 Å². The molecule has 12 heteroatoms. The number of benzene rings is 2. The monoisotopic (exact) mass is 730 g/mol. The van der Waals surface area contributed by atoms with Gasteiger partial charge in [-0.3, -0.25) is 19.0 Å². The SMILES string of the molecule is COc1cc(N2CCN(C(=O)CC34CC5CC(CC(C5)C3)C4)CC2)ccc1Nc1ncc2c(C)cc(=O)n(-c3cccc(C(=O)NC4CN(C)C4)c3)c2n1. The van der Waals surface area contributed by atoms with Crippen molar-refractivity contribution in [2.75, 3.05) is 63.6 Å². The average Bonchev–Trinajstić information content (AvgIpc) is 3.13. The minimum Gasteiger partial charge on any atom is -0.494 e. The molecule has 54 heavy (non-hydrogen) atoms. The molecular weight excluding hydrogens is 681 g/mol. The smallest absolute Gasteiger partial charge is 0.257 e. The third-order valence-corrected chi connectivity index (χ3v) is 12.9. The van der Waals surface area contributed by atoms with Crippen molar-refractivity contribution < 1.29 is 14.3 Å². The van der Waals surface area contributed by atoms with Crippen molar-refractivity contribution in [3.05, 3.63) is 76.2 Å². The molecule has 0 radical (unpaired) electrons. The zero-order chi connectivity index (χ0) is 37.1. The molecule has 4 aromatic rings. The highest BCUT2D eigenvalue weighted by atomic mass is 16.5. The molecule has 2 amide bonds. The van der Waals surface area contributed by atoms with Crippen molar-refractivity contribution in [3.8, 4) is 11.4 Å². The lowest BCUT2D eigenvalue weighted by molar-refractivity contribution is -0.139. The molecule has 12 nitrogen and oxygen atoms in total. The molecule has 2 saturated heterocycles. The van der Waals surface area contributed by atoms with Gasteiger partial charge in [0.15, 0.2) is 5.65 Å². The summed E-state index contributed by atoms with van der Waals surface area (Å²) in [5.74, 6) is 3.69. The third-order valence-electron chi connectivity index (χ3n) is 12.9. The average molecular weight is 731 g/mol. The van der Waals surface area contributed by atoms with Crippen LogP contribution in [0.5, 0.6) is 5.75 Å². The maximum atomic E-state index is 13.6. The molecule has 6 aliphatic rings. The van der Waals surface area contributed by atoms with Gasteiger partial charge < -0.3 is 30.1 Å². The van der Waals surface area contributed by atoms with E-state index < -0.39 is 0 Å². The second kappa shape index (κ2) is 13.7. The number of aryl methyl sites for hydroxylation is 1. The summed E-state index contributed by atoms with van der Waals surface area (Å²) in [6.07, 6.45) is 10.4. The van der Waals surface area contributed by atoms with Crippen LogP contribution in [-0.4, -0.2) is 95.6 Å². The Morgan fingerprint density at radius 1 is 0.926 bits per heavy atom. The maximum absolute atomic E-state index is 13.6. The predicted octanol–water partition coefficient (Wildman–Crippen LogP) is 5.14. The Kier molecular flexibility index (Phi) is 8.83. The first-order valence-electron chi connectivity index (χ1n) is 19.6. The normalized spacial score (nSPS) is 25.1. The number of aromatic nitrogens is 3. The van der Waals surface area contributed by atoms with E-state index in [1.54, 1.807) is 43.6 Å². The number of fused-ring (bicyclic) bond motifs is 1. The number of hydrogen-bond donors (Lipinski definition) is 2. The molecule has 0 spiro atoms. The second-order valence-corrected chi connectivity index (χ2v) is 16.8. The Balaban J connectivity index is 0.896. The standard InChI is InChI=1S/C42H50N8O4/c1-26-13-37(51)50(33-6-4-5-30(17-33)40(53)44-31-24-47(2)25-31)39-34(26)23-43-41(46-39)45-35-8-7-32(18-36(35)54-3)48-9-11-49(12-10-48)38(52)22-42-19-27-14-28(20-42)16-29(15-27)21-42/h4-8,13,17-18,23,27-29,31H,9-12,14-16,19-22,24-25H2,1-3H3,(H,44,53)(H,43,45,46). The van der Waals surface area contributed by atoms with E-state index in [2.05, 4.69) is 36.4 Å². The molecular formula is C42H50N8O4. The van der Waals surface area contributed by atoms with Gasteiger partial charge in [-0.05, 0) is 112 Å². The summed E-state index contributed by atoms with van der Waals surface area (Å²) in [4.78, 5) is 56.1. The molecule has 4 saturated carbocycles. The third kappa shape index (κ3) is 6.58. The summed E-state index contributed by atoms with van der Waals surface area (Å²) in [5, 5.41) is 7.11. The lowest BCUT2D eigenvalue weighted by Crippen LogP contribution is -2.57. The highest BCUT2D eigenvalue weighted by Crippen LogP contribution is 2.61. The van der Waals surface area contributed by atoms with E-state index in [1.165, 1.54) is 43.1 Å². The molecule has 6 fully saturated rings. The number of anilines is 3. The highest BCUT2D eigenvalue weighted by Gasteiger charge is 2.51. The molecule has 4 aliphatic carbocycles. The van der Waals surface area contributed by atoms with Crippen molar-refractivity contribution in [2.45, 2.75) is 57.9 Å². The predicted molar refractivity (Wildman–Crippen MR) is 209 cm³/mol. The van der Waals surface area contributed by atoms with Gasteiger partial charge in [0.05, 0.1) is 24.5 Å². The van der Waals surface area contributed by atoms with Crippen molar-refractivity contribution in [1.82, 2.24) is 29.7 Å². The summed E-state index contributed by atoms with van der Waals surface area (Å²) in [5.41, 5.74) is 3.95. The van der Waals surface area contributed by atoms with Gasteiger partial charge in [0.2, 0.25) is 11.9 Å². The fourth-order valence-corrected chi connectivity index (χ4v) is 10.7. The van der Waals surface area contributed by atoms with Gasteiger partial charge in [0.1, 0.15) is 5.75 Å². The molecule has 4 heterocycles. The number of carbonyl (C=O) groups excluding carboxylic acids is 2. The fraction of sp³-hybridized carbons (Fsp3) is 0.500. The minimum absolute atomic E-state index is 0.114. The first-order valence-corrected chi connectivity index (χ1v) is 19.6. The van der Waals surface area contributed by atoms with E-state index in [-0.39, 0.29) is 22.9 Å². The van der Waals surface area contributed by atoms with Crippen molar-refractivity contribution in [1.29, 1.82) is 0 Å². The van der Waals surface area contributed by atoms with Gasteiger partial charge >= 0.3 is 0 Å². The lowest BCUT2D eigenvalue weighted by atomic mass is 9.49. The van der Waals surface area contributed by atoms with Crippen LogP contribution in [0.2, 0.25) is 0 Å². The van der Waals surface area contributed by atoms with Crippen LogP contribution in [0.15, 0.2) is 59.5 Å². The number of ether oxygens (including phenoxy) is 1. The van der Waals surface area contributed by atoms with Gasteiger partial charge in [0.25, 0.3) is 11.5 Å². The second-order valence-electron chi connectivity index (χ2n) is 16.8. The first kappa shape index (κ1) is 34.8. The van der Waals surface area contributed by atoms with Gasteiger partial charge in [0, 0.05) is 80.7 Å². The molecule has 4 bridgehead atoms. The van der Waals surface area contributed by atoms with Crippen LogP contribution in [0.1, 0.15) is 60.9 Å². The summed E-state index contributed by atoms with van der Waals surface area (Å²) < 4.78 is 7.36. The molecule has 2 N–H and O–H groups in total. The van der Waals surface area contributed by atoms with Crippen molar-refractivity contribution in [3.63, 3.8) is 0 Å². The van der Waals surface area contributed by atoms with Crippen LogP contribution in [0, 0.1) is 30.1 Å². The Hall–Kier alpha value is -4.97. The fourth-order valence-electron chi connectivity index (χ4n) is 10.7. The molecule has 0 atom stereocenters. The molecule has 2 aliphatic heterocycles. The van der Waals surface area contributed by atoms with Gasteiger partial charge in [-0.1, -0.05) is 6.07 Å². The number of pyridine rings is 1. The van der Waals surface area contributed by atoms with Crippen LogP contribution in [-0.2, 0) is 4.79 Å². The van der Waals surface area contributed by atoms with Crippen LogP contribution in [0.4, 0.5) is 17.3 Å². The number of likely N-dealkylation sites (tertiary alicyclic amines) is 1. The number of nitrogens with zero attached hydrogens (tertiary/aromatic N) is 6. The van der Waals surface area contributed by atoms with Crippen LogP contribution in [0.25, 0.3) is 16.7 Å². The Bertz CT molecular complexity index is 2130. The summed E-state index contributed by atoms with van der Waals surface area (Å²) in [6.45, 7) is 6.49. The minimum atomic E-state index is -0.251. The largest absolute Gasteiger partial charge is 0.494 e. The first-order chi connectivity index (χ1) is 26.1. The molecule has 0 unspecified atom stereocenters. The Labute approximate surface area is 315 Å². The van der Waals surface area contributed by atoms with Crippen LogP contribution < -0.4 is 25.8 Å². The number of methoxy groups -OCH3 is 1. The zero-order valence-electron chi connectivity index (χ0n) is 31.5. The summed E-state index contributed by atoms with van der Waals surface area (Å²) in [6, 6.07) is 14.8. The van der Waals surface area contributed by atoms with E-state index in [9.17, 15) is 14.4 Å². The zero-order valence-corrected chi connectivity index (χ0v) is 31.5. The molecule has 2 aromatic carbocycles. The highest BCUT2D eigenvalue weighted by molar-refractivity contribution is 5.95. The molecule has 10 rings (SSSR count). The quantitative estimate of drug-likeness (QED) is 0.241. The number of nitrogens with one attached hydrogen (secondary N) is 2. The Morgan fingerprint density at radius 3 is 2.33 bits per heavy atom. The number of rotatable bonds is 9. The van der Waals surface area contributed by atoms with E-state index >= 15 is 0 Å². The summed E-state index contributed by atoms with van der Waals surface area (Å²) >= 11 is 0.